The van der Waals surface area contributed by atoms with Gasteiger partial charge in [-0.05, 0) is 30.9 Å². The number of rotatable bonds is 2. The van der Waals surface area contributed by atoms with Crippen LogP contribution in [0, 0.1) is 0 Å². The van der Waals surface area contributed by atoms with Crippen LogP contribution in [0.2, 0.25) is 10.3 Å². The van der Waals surface area contributed by atoms with E-state index in [1.165, 1.54) is 5.56 Å². The molecule has 0 spiro atoms. The molecule has 0 aromatic carbocycles. The van der Waals surface area contributed by atoms with Gasteiger partial charge in [-0.15, -0.1) is 0 Å². The lowest BCUT2D eigenvalue weighted by Crippen LogP contribution is -2.23. The average molecular weight is 295 g/mol. The summed E-state index contributed by atoms with van der Waals surface area (Å²) in [7, 11) is 0. The largest absolute Gasteiger partial charge is 0.308 e. The highest BCUT2D eigenvalue weighted by molar-refractivity contribution is 6.32. The van der Waals surface area contributed by atoms with Crippen molar-refractivity contribution < 1.29 is 0 Å². The van der Waals surface area contributed by atoms with Crippen LogP contribution >= 0.6 is 23.2 Å². The lowest BCUT2D eigenvalue weighted by Gasteiger charge is -2.12. The summed E-state index contributed by atoms with van der Waals surface area (Å²) in [4.78, 5) is 16.0. The normalized spacial score (nSPS) is 13.6. The summed E-state index contributed by atoms with van der Waals surface area (Å²) in [6.45, 7) is 0.449. The van der Waals surface area contributed by atoms with E-state index in [0.717, 1.165) is 30.5 Å². The molecule has 0 aliphatic heterocycles. The molecule has 0 unspecified atom stereocenters. The van der Waals surface area contributed by atoms with E-state index in [1.807, 2.05) is 12.1 Å². The minimum absolute atomic E-state index is 0.00617. The van der Waals surface area contributed by atoms with Crippen molar-refractivity contribution in [1.82, 2.24) is 9.55 Å². The van der Waals surface area contributed by atoms with Gasteiger partial charge in [-0.3, -0.25) is 4.79 Å². The summed E-state index contributed by atoms with van der Waals surface area (Å²) in [5, 5.41) is 0.717. The third-order valence-electron chi connectivity index (χ3n) is 3.47. The van der Waals surface area contributed by atoms with Crippen LogP contribution < -0.4 is 5.56 Å². The van der Waals surface area contributed by atoms with E-state index in [9.17, 15) is 4.79 Å². The first kappa shape index (κ1) is 12.7. The number of hydrogen-bond donors (Lipinski definition) is 0. The minimum Gasteiger partial charge on any atom is -0.308 e. The van der Waals surface area contributed by atoms with E-state index in [1.54, 1.807) is 16.7 Å². The maximum atomic E-state index is 12.0. The van der Waals surface area contributed by atoms with Crippen molar-refractivity contribution in [3.63, 3.8) is 0 Å². The monoisotopic (exact) mass is 294 g/mol. The Kier molecular flexibility index (Phi) is 3.33. The molecule has 0 atom stereocenters. The molecular formula is C14H12Cl2N2O. The molecule has 0 radical (unpaired) electrons. The highest BCUT2D eigenvalue weighted by Gasteiger charge is 2.16. The van der Waals surface area contributed by atoms with Crippen LogP contribution in [-0.2, 0) is 19.4 Å². The molecule has 19 heavy (non-hydrogen) atoms. The van der Waals surface area contributed by atoms with Crippen molar-refractivity contribution >= 4 is 23.2 Å². The lowest BCUT2D eigenvalue weighted by molar-refractivity contribution is 0.705. The van der Waals surface area contributed by atoms with Crippen molar-refractivity contribution in [3.05, 3.63) is 61.7 Å². The van der Waals surface area contributed by atoms with Gasteiger partial charge >= 0.3 is 0 Å². The summed E-state index contributed by atoms with van der Waals surface area (Å²) in [6, 6.07) is 7.07. The summed E-state index contributed by atoms with van der Waals surface area (Å²) in [5.74, 6) is 0. The molecule has 0 fully saturated rings. The Hall–Kier alpha value is -1.32. The Bertz CT molecular complexity index is 694. The Morgan fingerprint density at radius 1 is 1.16 bits per heavy atom. The fraction of sp³-hybridized carbons (Fsp3) is 0.286. The zero-order valence-corrected chi connectivity index (χ0v) is 11.7. The average Bonchev–Trinajstić information content (AvgIpc) is 2.84. The summed E-state index contributed by atoms with van der Waals surface area (Å²) < 4.78 is 1.79. The number of aryl methyl sites for hydroxylation is 1. The fourth-order valence-corrected chi connectivity index (χ4v) is 2.94. The van der Waals surface area contributed by atoms with Gasteiger partial charge in [-0.2, -0.15) is 0 Å². The molecule has 0 amide bonds. The molecule has 2 aromatic rings. The molecule has 2 aromatic heterocycles. The topological polar surface area (TPSA) is 34.9 Å². The van der Waals surface area contributed by atoms with E-state index < -0.39 is 0 Å². The van der Waals surface area contributed by atoms with Crippen LogP contribution in [0.25, 0.3) is 0 Å². The second kappa shape index (κ2) is 4.99. The van der Waals surface area contributed by atoms with Crippen molar-refractivity contribution in [1.29, 1.82) is 0 Å². The van der Waals surface area contributed by atoms with E-state index in [4.69, 9.17) is 23.2 Å². The van der Waals surface area contributed by atoms with Crippen LogP contribution in [0.4, 0.5) is 0 Å². The fourth-order valence-electron chi connectivity index (χ4n) is 2.54. The third-order valence-corrected chi connectivity index (χ3v) is 4.01. The molecule has 3 rings (SSSR count). The summed E-state index contributed by atoms with van der Waals surface area (Å²) in [6.07, 6.45) is 3.09. The van der Waals surface area contributed by atoms with E-state index in [0.29, 0.717) is 16.9 Å². The predicted octanol–water partition coefficient (Wildman–Crippen LogP) is 3.09. The molecule has 1 aliphatic carbocycles. The Labute approximate surface area is 120 Å². The molecule has 2 heterocycles. The number of pyridine rings is 2. The quantitative estimate of drug-likeness (QED) is 0.798. The molecule has 0 saturated carbocycles. The van der Waals surface area contributed by atoms with Crippen LogP contribution in [-0.4, -0.2) is 9.55 Å². The van der Waals surface area contributed by atoms with E-state index in [2.05, 4.69) is 4.98 Å². The number of halogens is 2. The van der Waals surface area contributed by atoms with Gasteiger partial charge in [0.1, 0.15) is 10.3 Å². The zero-order valence-electron chi connectivity index (χ0n) is 10.2. The van der Waals surface area contributed by atoms with Crippen LogP contribution in [0.5, 0.6) is 0 Å². The standard InChI is InChI=1S/C14H12Cl2N2O/c15-12-6-4-10(14(16)17-12)8-18-11-3-1-2-9(11)5-7-13(18)19/h4-7H,1-3,8H2. The highest BCUT2D eigenvalue weighted by Crippen LogP contribution is 2.22. The Morgan fingerprint density at radius 2 is 2.00 bits per heavy atom. The first-order valence-electron chi connectivity index (χ1n) is 6.17. The number of aromatic nitrogens is 2. The van der Waals surface area contributed by atoms with Crippen molar-refractivity contribution in [3.8, 4) is 0 Å². The summed E-state index contributed by atoms with van der Waals surface area (Å²) in [5.41, 5.74) is 3.20. The van der Waals surface area contributed by atoms with Crippen molar-refractivity contribution in [2.24, 2.45) is 0 Å². The number of nitrogens with zero attached hydrogens (tertiary/aromatic N) is 2. The van der Waals surface area contributed by atoms with Gasteiger partial charge in [-0.1, -0.05) is 35.3 Å². The van der Waals surface area contributed by atoms with Gasteiger partial charge in [0.05, 0.1) is 6.54 Å². The second-order valence-electron chi connectivity index (χ2n) is 4.67. The molecule has 0 N–H and O–H groups in total. The van der Waals surface area contributed by atoms with Crippen molar-refractivity contribution in [2.45, 2.75) is 25.8 Å². The third kappa shape index (κ3) is 2.40. The number of hydrogen-bond acceptors (Lipinski definition) is 2. The maximum Gasteiger partial charge on any atom is 0.251 e. The molecular weight excluding hydrogens is 283 g/mol. The molecule has 98 valence electrons. The Morgan fingerprint density at radius 3 is 2.79 bits per heavy atom. The van der Waals surface area contributed by atoms with Crippen molar-refractivity contribution in [2.75, 3.05) is 0 Å². The molecule has 5 heteroatoms. The smallest absolute Gasteiger partial charge is 0.251 e. The van der Waals surface area contributed by atoms with Gasteiger partial charge in [0.25, 0.3) is 5.56 Å². The zero-order chi connectivity index (χ0) is 13.4. The van der Waals surface area contributed by atoms with Crippen LogP contribution in [0.3, 0.4) is 0 Å². The SMILES string of the molecule is O=c1ccc2c(n1Cc1ccc(Cl)nc1Cl)CCC2. The van der Waals surface area contributed by atoms with Crippen LogP contribution in [0.15, 0.2) is 29.1 Å². The summed E-state index contributed by atoms with van der Waals surface area (Å²) >= 11 is 11.9. The molecule has 1 aliphatic rings. The maximum absolute atomic E-state index is 12.0. The van der Waals surface area contributed by atoms with Gasteiger partial charge in [-0.25, -0.2) is 4.98 Å². The Balaban J connectivity index is 2.04. The van der Waals surface area contributed by atoms with E-state index >= 15 is 0 Å². The molecule has 3 nitrogen and oxygen atoms in total. The van der Waals surface area contributed by atoms with Crippen LogP contribution in [0.1, 0.15) is 23.2 Å². The lowest BCUT2D eigenvalue weighted by atomic mass is 10.2. The minimum atomic E-state index is 0.00617. The first-order valence-corrected chi connectivity index (χ1v) is 6.93. The van der Waals surface area contributed by atoms with Gasteiger partial charge < -0.3 is 4.57 Å². The van der Waals surface area contributed by atoms with E-state index in [-0.39, 0.29) is 5.56 Å². The molecule has 0 bridgehead atoms. The van der Waals surface area contributed by atoms with Gasteiger partial charge in [0, 0.05) is 17.3 Å². The first-order chi connectivity index (χ1) is 9.15. The molecule has 0 saturated heterocycles. The highest BCUT2D eigenvalue weighted by atomic mass is 35.5. The predicted molar refractivity (Wildman–Crippen MR) is 76.1 cm³/mol. The van der Waals surface area contributed by atoms with Gasteiger partial charge in [0.15, 0.2) is 0 Å². The second-order valence-corrected chi connectivity index (χ2v) is 5.41. The number of fused-ring (bicyclic) bond motifs is 1. The van der Waals surface area contributed by atoms with Gasteiger partial charge in [0.2, 0.25) is 0 Å².